The molecule has 0 atom stereocenters. The summed E-state index contributed by atoms with van der Waals surface area (Å²) < 4.78 is 4.88. The average Bonchev–Trinajstić information content (AvgIpc) is 2.38. The molecule has 0 N–H and O–H groups in total. The third kappa shape index (κ3) is 4.98. The molecular weight excluding hydrogens is 214 g/mol. The Labute approximate surface area is 102 Å². The van der Waals surface area contributed by atoms with Crippen molar-refractivity contribution in [1.29, 1.82) is 0 Å². The zero-order chi connectivity index (χ0) is 12.5. The van der Waals surface area contributed by atoms with Crippen LogP contribution >= 0.6 is 0 Å². The van der Waals surface area contributed by atoms with Crippen LogP contribution in [-0.4, -0.2) is 12.6 Å². The molecule has 88 valence electrons. The van der Waals surface area contributed by atoms with Crippen molar-refractivity contribution in [2.75, 3.05) is 6.61 Å². The van der Waals surface area contributed by atoms with Crippen LogP contribution in [0.5, 0.6) is 0 Å². The molecule has 1 rings (SSSR count). The predicted molar refractivity (Wildman–Crippen MR) is 66.1 cm³/mol. The van der Waals surface area contributed by atoms with Gasteiger partial charge in [0.1, 0.15) is 0 Å². The van der Waals surface area contributed by atoms with E-state index in [1.807, 2.05) is 18.2 Å². The maximum absolute atomic E-state index is 11.1. The average molecular weight is 229 g/mol. The standard InChI is InChI=1S/C14H15NO2/c1-12(15-2)14(16)17-11-7-6-10-13-8-4-3-5-9-13/h3-5,8-9H,1,6-7,10-11H2. The van der Waals surface area contributed by atoms with Gasteiger partial charge in [0, 0.05) is 0 Å². The molecule has 3 nitrogen and oxygen atoms in total. The number of rotatable bonds is 6. The van der Waals surface area contributed by atoms with Crippen molar-refractivity contribution in [3.8, 4) is 0 Å². The second-order valence-electron chi connectivity index (χ2n) is 3.64. The summed E-state index contributed by atoms with van der Waals surface area (Å²) in [5, 5.41) is 0. The maximum atomic E-state index is 11.1. The molecule has 0 heterocycles. The summed E-state index contributed by atoms with van der Waals surface area (Å²) in [6.07, 6.45) is 2.73. The number of nitrogens with zero attached hydrogens (tertiary/aromatic N) is 1. The molecule has 0 aliphatic rings. The second kappa shape index (κ2) is 7.24. The van der Waals surface area contributed by atoms with Crippen LogP contribution in [0.15, 0.2) is 42.6 Å². The van der Waals surface area contributed by atoms with E-state index in [1.165, 1.54) is 5.56 Å². The zero-order valence-electron chi connectivity index (χ0n) is 9.69. The van der Waals surface area contributed by atoms with E-state index in [0.717, 1.165) is 19.3 Å². The quantitative estimate of drug-likeness (QED) is 0.325. The van der Waals surface area contributed by atoms with E-state index in [4.69, 9.17) is 11.3 Å². The van der Waals surface area contributed by atoms with Gasteiger partial charge in [-0.25, -0.2) is 4.85 Å². The Morgan fingerprint density at radius 2 is 2.00 bits per heavy atom. The Balaban J connectivity index is 2.12. The van der Waals surface area contributed by atoms with Gasteiger partial charge in [-0.15, -0.1) is 0 Å². The van der Waals surface area contributed by atoms with Crippen molar-refractivity contribution in [3.63, 3.8) is 0 Å². The summed E-state index contributed by atoms with van der Waals surface area (Å²) in [5.74, 6) is -0.611. The molecule has 0 spiro atoms. The first-order valence-corrected chi connectivity index (χ1v) is 5.51. The Bertz CT molecular complexity index is 418. The zero-order valence-corrected chi connectivity index (χ0v) is 9.69. The van der Waals surface area contributed by atoms with Gasteiger partial charge in [0.2, 0.25) is 0 Å². The number of benzene rings is 1. The molecule has 0 saturated carbocycles. The minimum atomic E-state index is -0.611. The largest absolute Gasteiger partial charge is 0.471 e. The van der Waals surface area contributed by atoms with E-state index in [-0.39, 0.29) is 5.70 Å². The van der Waals surface area contributed by atoms with Crippen LogP contribution in [0.1, 0.15) is 18.4 Å². The summed E-state index contributed by atoms with van der Waals surface area (Å²) in [5.41, 5.74) is 1.12. The molecule has 1 aromatic rings. The summed E-state index contributed by atoms with van der Waals surface area (Å²) in [6.45, 7) is 10.2. The van der Waals surface area contributed by atoms with Gasteiger partial charge in [0.25, 0.3) is 5.70 Å². The van der Waals surface area contributed by atoms with Crippen LogP contribution in [0.2, 0.25) is 0 Å². The molecule has 0 unspecified atom stereocenters. The van der Waals surface area contributed by atoms with E-state index in [1.54, 1.807) is 0 Å². The van der Waals surface area contributed by atoms with Gasteiger partial charge in [-0.05, 0) is 24.8 Å². The Morgan fingerprint density at radius 3 is 2.65 bits per heavy atom. The lowest BCUT2D eigenvalue weighted by Crippen LogP contribution is -2.06. The highest BCUT2D eigenvalue weighted by atomic mass is 16.5. The molecule has 0 saturated heterocycles. The van der Waals surface area contributed by atoms with E-state index < -0.39 is 5.97 Å². The number of ether oxygens (including phenoxy) is 1. The monoisotopic (exact) mass is 229 g/mol. The summed E-state index contributed by atoms with van der Waals surface area (Å²) in [6, 6.07) is 10.2. The molecule has 0 bridgehead atoms. The molecule has 3 heteroatoms. The first-order valence-electron chi connectivity index (χ1n) is 5.51. The van der Waals surface area contributed by atoms with Crippen molar-refractivity contribution >= 4 is 5.97 Å². The van der Waals surface area contributed by atoms with Crippen molar-refractivity contribution in [2.45, 2.75) is 19.3 Å². The molecule has 17 heavy (non-hydrogen) atoms. The van der Waals surface area contributed by atoms with Gasteiger partial charge >= 0.3 is 5.97 Å². The highest BCUT2D eigenvalue weighted by Crippen LogP contribution is 2.05. The summed E-state index contributed by atoms with van der Waals surface area (Å²) in [7, 11) is 0. The van der Waals surface area contributed by atoms with Gasteiger partial charge in [-0.3, -0.25) is 4.79 Å². The lowest BCUT2D eigenvalue weighted by atomic mass is 10.1. The van der Waals surface area contributed by atoms with Crippen LogP contribution in [0, 0.1) is 6.57 Å². The van der Waals surface area contributed by atoms with E-state index in [2.05, 4.69) is 23.6 Å². The van der Waals surface area contributed by atoms with E-state index in [9.17, 15) is 4.79 Å². The normalized spacial score (nSPS) is 9.35. The van der Waals surface area contributed by atoms with Crippen LogP contribution in [0.3, 0.4) is 0 Å². The number of carbonyl (C=O) groups is 1. The fourth-order valence-corrected chi connectivity index (χ4v) is 1.37. The number of hydrogen-bond acceptors (Lipinski definition) is 2. The van der Waals surface area contributed by atoms with Gasteiger partial charge in [0.05, 0.1) is 13.2 Å². The predicted octanol–water partition coefficient (Wildman–Crippen LogP) is 2.99. The van der Waals surface area contributed by atoms with Crippen molar-refractivity contribution in [1.82, 2.24) is 0 Å². The number of carbonyl (C=O) groups excluding carboxylic acids is 1. The van der Waals surface area contributed by atoms with Crippen LogP contribution in [0.25, 0.3) is 4.85 Å². The molecule has 0 aliphatic carbocycles. The Hall–Kier alpha value is -2.08. The minimum absolute atomic E-state index is 0.159. The third-order valence-corrected chi connectivity index (χ3v) is 2.31. The summed E-state index contributed by atoms with van der Waals surface area (Å²) >= 11 is 0. The number of hydrogen-bond donors (Lipinski definition) is 0. The number of esters is 1. The Morgan fingerprint density at radius 1 is 1.29 bits per heavy atom. The molecule has 0 aliphatic heterocycles. The van der Waals surface area contributed by atoms with Gasteiger partial charge in [-0.2, -0.15) is 0 Å². The highest BCUT2D eigenvalue weighted by Gasteiger charge is 2.06. The molecule has 0 amide bonds. The highest BCUT2D eigenvalue weighted by molar-refractivity contribution is 5.89. The number of aryl methyl sites for hydroxylation is 1. The Kier molecular flexibility index (Phi) is 5.53. The fourth-order valence-electron chi connectivity index (χ4n) is 1.37. The van der Waals surface area contributed by atoms with Crippen molar-refractivity contribution in [3.05, 3.63) is 59.6 Å². The smallest absolute Gasteiger partial charge is 0.335 e. The van der Waals surface area contributed by atoms with E-state index in [0.29, 0.717) is 6.61 Å². The van der Waals surface area contributed by atoms with E-state index >= 15 is 0 Å². The van der Waals surface area contributed by atoms with Gasteiger partial charge < -0.3 is 4.74 Å². The van der Waals surface area contributed by atoms with Crippen LogP contribution < -0.4 is 0 Å². The second-order valence-corrected chi connectivity index (χ2v) is 3.64. The molecule has 0 radical (unpaired) electrons. The molecule has 0 fully saturated rings. The number of unbranched alkanes of at least 4 members (excludes halogenated alkanes) is 1. The van der Waals surface area contributed by atoms with Crippen LogP contribution in [-0.2, 0) is 16.0 Å². The maximum Gasteiger partial charge on any atom is 0.335 e. The minimum Gasteiger partial charge on any atom is -0.471 e. The first kappa shape index (κ1) is 13.0. The van der Waals surface area contributed by atoms with Gasteiger partial charge in [-0.1, -0.05) is 36.9 Å². The van der Waals surface area contributed by atoms with Gasteiger partial charge in [0.15, 0.2) is 0 Å². The third-order valence-electron chi connectivity index (χ3n) is 2.31. The fraction of sp³-hybridized carbons (Fsp3) is 0.286. The lowest BCUT2D eigenvalue weighted by Gasteiger charge is -2.03. The lowest BCUT2D eigenvalue weighted by molar-refractivity contribution is -0.138. The molecular formula is C14H15NO2. The van der Waals surface area contributed by atoms with Crippen molar-refractivity contribution < 1.29 is 9.53 Å². The first-order chi connectivity index (χ1) is 8.24. The van der Waals surface area contributed by atoms with Crippen LogP contribution in [0.4, 0.5) is 0 Å². The topological polar surface area (TPSA) is 30.7 Å². The molecule has 0 aromatic heterocycles. The van der Waals surface area contributed by atoms with Crippen molar-refractivity contribution in [2.24, 2.45) is 0 Å². The molecule has 1 aromatic carbocycles. The SMILES string of the molecule is [C-]#[N+]C(=C)C(=O)OCCCCc1ccccc1. The summed E-state index contributed by atoms with van der Waals surface area (Å²) in [4.78, 5) is 14.0.